The molecule has 0 heterocycles. The quantitative estimate of drug-likeness (QED) is 0.0222. The van der Waals surface area contributed by atoms with Gasteiger partial charge in [-0.1, -0.05) is 266 Å². The molecule has 0 aromatic carbocycles. The first-order valence-electron chi connectivity index (χ1n) is 33.5. The van der Waals surface area contributed by atoms with Crippen LogP contribution in [0, 0.1) is 11.8 Å². The molecule has 0 saturated heterocycles. The fraction of sp³-hybridized carbons (Fsp3) is 0.938. The van der Waals surface area contributed by atoms with Crippen LogP contribution in [0.25, 0.3) is 0 Å². The Morgan fingerprint density at radius 1 is 0.349 bits per heavy atom. The van der Waals surface area contributed by atoms with Gasteiger partial charge in [-0.05, 0) is 37.5 Å². The summed E-state index contributed by atoms with van der Waals surface area (Å²) in [7, 11) is -9.88. The maximum Gasteiger partial charge on any atom is 0.472 e. The normalized spacial score (nSPS) is 14.6. The van der Waals surface area contributed by atoms with Crippen molar-refractivity contribution in [2.75, 3.05) is 39.6 Å². The van der Waals surface area contributed by atoms with Crippen molar-refractivity contribution in [3.63, 3.8) is 0 Å². The van der Waals surface area contributed by atoms with Gasteiger partial charge in [-0.3, -0.25) is 37.3 Å². The van der Waals surface area contributed by atoms with E-state index in [0.717, 1.165) is 102 Å². The topological polar surface area (TPSA) is 237 Å². The number of phosphoric acid groups is 2. The summed E-state index contributed by atoms with van der Waals surface area (Å²) in [4.78, 5) is 72.2. The van der Waals surface area contributed by atoms with Crippen LogP contribution in [-0.2, 0) is 65.4 Å². The van der Waals surface area contributed by atoms with Gasteiger partial charge in [0.05, 0.1) is 26.4 Å². The van der Waals surface area contributed by atoms with E-state index in [-0.39, 0.29) is 25.7 Å². The molecule has 3 unspecified atom stereocenters. The van der Waals surface area contributed by atoms with Gasteiger partial charge in [-0.15, -0.1) is 0 Å². The SMILES string of the molecule is CCCCCCCCCCCCC(=O)O[C@H](COC(=O)CCCCCCCCCCC)COP(=O)(O)OC[C@H](O)COP(=O)(O)OC[C@@H](COC(=O)CCCCCCCCCC(C)C)OC(=O)CCCCCCCCCCCCC(C)CC. The van der Waals surface area contributed by atoms with Crippen molar-refractivity contribution in [3.8, 4) is 0 Å². The van der Waals surface area contributed by atoms with Crippen molar-refractivity contribution < 1.29 is 80.2 Å². The number of ether oxygens (including phenoxy) is 4. The molecule has 0 amide bonds. The summed E-state index contributed by atoms with van der Waals surface area (Å²) in [6.07, 6.45) is 38.9. The van der Waals surface area contributed by atoms with Crippen LogP contribution in [0.3, 0.4) is 0 Å². The van der Waals surface area contributed by atoms with E-state index >= 15 is 0 Å². The van der Waals surface area contributed by atoms with E-state index in [2.05, 4.69) is 41.5 Å². The highest BCUT2D eigenvalue weighted by Gasteiger charge is 2.30. The number of aliphatic hydroxyl groups is 1. The largest absolute Gasteiger partial charge is 0.472 e. The van der Waals surface area contributed by atoms with Crippen LogP contribution in [0.5, 0.6) is 0 Å². The average Bonchev–Trinajstić information content (AvgIpc) is 3.46. The van der Waals surface area contributed by atoms with Crippen molar-refractivity contribution in [2.45, 2.75) is 336 Å². The van der Waals surface area contributed by atoms with Crippen LogP contribution in [0.2, 0.25) is 0 Å². The lowest BCUT2D eigenvalue weighted by Crippen LogP contribution is -2.30. The molecule has 17 nitrogen and oxygen atoms in total. The predicted octanol–water partition coefficient (Wildman–Crippen LogP) is 17.7. The molecule has 0 radical (unpaired) electrons. The lowest BCUT2D eigenvalue weighted by Gasteiger charge is -2.21. The molecular formula is C64H124O17P2. The number of rotatable bonds is 63. The van der Waals surface area contributed by atoms with E-state index in [1.807, 2.05) is 0 Å². The van der Waals surface area contributed by atoms with Crippen molar-refractivity contribution >= 4 is 39.5 Å². The Hall–Kier alpha value is -1.94. The molecule has 0 spiro atoms. The highest BCUT2D eigenvalue weighted by Crippen LogP contribution is 2.45. The molecule has 6 atom stereocenters. The van der Waals surface area contributed by atoms with Crippen LogP contribution in [0.15, 0.2) is 0 Å². The van der Waals surface area contributed by atoms with Crippen molar-refractivity contribution in [1.82, 2.24) is 0 Å². The monoisotopic (exact) mass is 1230 g/mol. The summed E-state index contributed by atoms with van der Waals surface area (Å²) in [6.45, 7) is 9.44. The summed E-state index contributed by atoms with van der Waals surface area (Å²) in [6, 6.07) is 0. The summed E-state index contributed by atoms with van der Waals surface area (Å²) in [5.41, 5.74) is 0. The molecule has 0 rings (SSSR count). The van der Waals surface area contributed by atoms with Crippen molar-refractivity contribution in [1.29, 1.82) is 0 Å². The molecule has 0 fully saturated rings. The third-order valence-electron chi connectivity index (χ3n) is 15.1. The number of carbonyl (C=O) groups excluding carboxylic acids is 4. The Labute approximate surface area is 505 Å². The molecule has 0 aromatic heterocycles. The minimum absolute atomic E-state index is 0.105. The number of esters is 4. The number of hydrogen-bond acceptors (Lipinski definition) is 15. The zero-order valence-corrected chi connectivity index (χ0v) is 55.3. The van der Waals surface area contributed by atoms with Crippen LogP contribution in [-0.4, -0.2) is 96.7 Å². The van der Waals surface area contributed by atoms with E-state index < -0.39 is 97.5 Å². The minimum Gasteiger partial charge on any atom is -0.462 e. The number of phosphoric ester groups is 2. The van der Waals surface area contributed by atoms with E-state index in [9.17, 15) is 43.2 Å². The zero-order chi connectivity index (χ0) is 61.5. The van der Waals surface area contributed by atoms with Gasteiger partial charge in [-0.2, -0.15) is 0 Å². The van der Waals surface area contributed by atoms with Crippen LogP contribution in [0.4, 0.5) is 0 Å². The maximum atomic E-state index is 13.0. The smallest absolute Gasteiger partial charge is 0.462 e. The van der Waals surface area contributed by atoms with Crippen molar-refractivity contribution in [3.05, 3.63) is 0 Å². The predicted molar refractivity (Wildman–Crippen MR) is 331 cm³/mol. The van der Waals surface area contributed by atoms with Crippen LogP contribution in [0.1, 0.15) is 318 Å². The molecule has 0 aliphatic carbocycles. The maximum absolute atomic E-state index is 13.0. The van der Waals surface area contributed by atoms with E-state index in [1.165, 1.54) is 128 Å². The summed E-state index contributed by atoms with van der Waals surface area (Å²) in [5, 5.41) is 10.5. The number of hydrogen-bond donors (Lipinski definition) is 3. The lowest BCUT2D eigenvalue weighted by atomic mass is 9.99. The Morgan fingerprint density at radius 3 is 0.916 bits per heavy atom. The second-order valence-corrected chi connectivity index (χ2v) is 26.8. The molecule has 0 aliphatic heterocycles. The van der Waals surface area contributed by atoms with Gasteiger partial charge in [-0.25, -0.2) is 9.13 Å². The Kier molecular flexibility index (Phi) is 55.2. The first-order valence-corrected chi connectivity index (χ1v) is 36.5. The second kappa shape index (κ2) is 56.6. The highest BCUT2D eigenvalue weighted by molar-refractivity contribution is 7.47. The van der Waals surface area contributed by atoms with Gasteiger partial charge in [0.25, 0.3) is 0 Å². The summed E-state index contributed by atoms with van der Waals surface area (Å²) < 4.78 is 68.0. The van der Waals surface area contributed by atoms with Gasteiger partial charge < -0.3 is 33.8 Å². The highest BCUT2D eigenvalue weighted by atomic mass is 31.2. The molecule has 0 aromatic rings. The third kappa shape index (κ3) is 57.6. The Morgan fingerprint density at radius 2 is 0.614 bits per heavy atom. The average molecular weight is 1230 g/mol. The van der Waals surface area contributed by atoms with Gasteiger partial charge in [0.2, 0.25) is 0 Å². The van der Waals surface area contributed by atoms with Crippen LogP contribution < -0.4 is 0 Å². The Bertz CT molecular complexity index is 1630. The van der Waals surface area contributed by atoms with E-state index in [0.29, 0.717) is 31.6 Å². The van der Waals surface area contributed by atoms with Crippen LogP contribution >= 0.6 is 15.6 Å². The minimum atomic E-state index is -4.94. The molecular weight excluding hydrogens is 1100 g/mol. The van der Waals surface area contributed by atoms with E-state index in [1.54, 1.807) is 0 Å². The first kappa shape index (κ1) is 81.1. The van der Waals surface area contributed by atoms with Crippen molar-refractivity contribution in [2.24, 2.45) is 11.8 Å². The molecule has 0 aliphatic rings. The van der Waals surface area contributed by atoms with Gasteiger partial charge >= 0.3 is 39.5 Å². The summed E-state index contributed by atoms with van der Waals surface area (Å²) in [5.74, 6) is -0.627. The number of aliphatic hydroxyl groups excluding tert-OH is 1. The fourth-order valence-corrected chi connectivity index (χ4v) is 11.1. The molecule has 19 heteroatoms. The number of carbonyl (C=O) groups is 4. The van der Waals surface area contributed by atoms with Gasteiger partial charge in [0, 0.05) is 25.7 Å². The lowest BCUT2D eigenvalue weighted by molar-refractivity contribution is -0.161. The first-order chi connectivity index (χ1) is 39.9. The second-order valence-electron chi connectivity index (χ2n) is 23.9. The summed E-state index contributed by atoms with van der Waals surface area (Å²) >= 11 is 0. The molecule has 492 valence electrons. The standard InChI is InChI=1S/C64H124O17P2/c1-7-10-12-14-16-18-23-29-36-42-48-63(68)80-59(52-74-61(66)46-40-34-28-21-17-15-13-11-8-2)54-78-82(70,71)76-50-58(65)51-77-83(72,73)79-55-60(53-75-62(67)47-41-35-31-25-26-32-38-44-56(4)5)81-64(69)49-43-37-30-24-20-19-22-27-33-39-45-57(6)9-3/h56-60,65H,7-55H2,1-6H3,(H,70,71)(H,72,73)/t57?,58-,59+,60+/m0/s1. The van der Waals surface area contributed by atoms with Gasteiger partial charge in [0.15, 0.2) is 12.2 Å². The van der Waals surface area contributed by atoms with E-state index in [4.69, 9.17) is 37.0 Å². The fourth-order valence-electron chi connectivity index (χ4n) is 9.50. The van der Waals surface area contributed by atoms with Gasteiger partial charge in [0.1, 0.15) is 19.3 Å². The number of unbranched alkanes of at least 4 members (excludes halogenated alkanes) is 32. The third-order valence-corrected chi connectivity index (χ3v) is 17.0. The Balaban J connectivity index is 5.24. The molecule has 0 bridgehead atoms. The molecule has 0 saturated carbocycles. The molecule has 3 N–H and O–H groups in total. The molecule has 83 heavy (non-hydrogen) atoms. The zero-order valence-electron chi connectivity index (χ0n) is 53.5.